The van der Waals surface area contributed by atoms with Crippen molar-refractivity contribution in [1.82, 2.24) is 0 Å². The van der Waals surface area contributed by atoms with E-state index in [-0.39, 0.29) is 11.3 Å². The summed E-state index contributed by atoms with van der Waals surface area (Å²) in [6.07, 6.45) is 5.77. The lowest BCUT2D eigenvalue weighted by molar-refractivity contribution is -0.239. The van der Waals surface area contributed by atoms with E-state index >= 15 is 0 Å². The van der Waals surface area contributed by atoms with Gasteiger partial charge in [-0.15, -0.1) is 0 Å². The van der Waals surface area contributed by atoms with Crippen molar-refractivity contribution in [2.24, 2.45) is 0 Å². The Morgan fingerprint density at radius 3 is 2.18 bits per heavy atom. The molecule has 0 atom stereocenters. The Kier molecular flexibility index (Phi) is 5.89. The summed E-state index contributed by atoms with van der Waals surface area (Å²) in [4.78, 5) is 22.3. The van der Waals surface area contributed by atoms with Gasteiger partial charge in [0.25, 0.3) is 0 Å². The summed E-state index contributed by atoms with van der Waals surface area (Å²) in [7, 11) is 4.44. The van der Waals surface area contributed by atoms with E-state index in [0.717, 1.165) is 31.8 Å². The largest absolute Gasteiger partial charge is 0.493 e. The number of rotatable bonds is 6. The standard InChI is InChI=1S/C16H21O6/c1-18-13-10-9-12(14(19-2)15(13)20-3)16(17)22-21-11-7-5-4-6-8-11/h9-10H,4-8H2,1-3H3. The third kappa shape index (κ3) is 3.62. The number of benzene rings is 1. The van der Waals surface area contributed by atoms with Crippen molar-refractivity contribution in [3.63, 3.8) is 0 Å². The van der Waals surface area contributed by atoms with Gasteiger partial charge in [0, 0.05) is 0 Å². The van der Waals surface area contributed by atoms with Crippen LogP contribution in [0.5, 0.6) is 17.2 Å². The molecule has 0 aliphatic heterocycles. The fourth-order valence-corrected chi connectivity index (χ4v) is 2.43. The number of hydrogen-bond donors (Lipinski definition) is 0. The van der Waals surface area contributed by atoms with Crippen LogP contribution in [0.2, 0.25) is 0 Å². The molecule has 0 saturated heterocycles. The van der Waals surface area contributed by atoms with Crippen LogP contribution >= 0.6 is 0 Å². The number of carbonyl (C=O) groups excluding carboxylic acids is 1. The van der Waals surface area contributed by atoms with Gasteiger partial charge in [0.2, 0.25) is 5.75 Å². The third-order valence-corrected chi connectivity index (χ3v) is 3.57. The highest BCUT2D eigenvalue weighted by Gasteiger charge is 2.24. The lowest BCUT2D eigenvalue weighted by Crippen LogP contribution is -2.14. The van der Waals surface area contributed by atoms with E-state index in [1.54, 1.807) is 12.1 Å². The predicted octanol–water partition coefficient (Wildman–Crippen LogP) is 3.30. The summed E-state index contributed by atoms with van der Waals surface area (Å²) in [6.45, 7) is 0. The van der Waals surface area contributed by atoms with Crippen LogP contribution in [0.3, 0.4) is 0 Å². The quantitative estimate of drug-likeness (QED) is 0.593. The van der Waals surface area contributed by atoms with Crippen molar-refractivity contribution < 1.29 is 28.8 Å². The van der Waals surface area contributed by atoms with Crippen molar-refractivity contribution in [2.75, 3.05) is 21.3 Å². The van der Waals surface area contributed by atoms with Gasteiger partial charge in [-0.25, -0.2) is 4.79 Å². The Hall–Kier alpha value is -1.95. The molecule has 1 aromatic carbocycles. The normalized spacial score (nSPS) is 15.2. The van der Waals surface area contributed by atoms with Crippen molar-refractivity contribution in [1.29, 1.82) is 0 Å². The van der Waals surface area contributed by atoms with E-state index in [1.165, 1.54) is 27.8 Å². The average Bonchev–Trinajstić information content (AvgIpc) is 2.58. The Balaban J connectivity index is 2.11. The van der Waals surface area contributed by atoms with Gasteiger partial charge in [-0.2, -0.15) is 4.89 Å². The molecule has 1 radical (unpaired) electrons. The zero-order chi connectivity index (χ0) is 15.9. The van der Waals surface area contributed by atoms with E-state index in [2.05, 4.69) is 0 Å². The van der Waals surface area contributed by atoms with Gasteiger partial charge >= 0.3 is 5.97 Å². The molecule has 0 heterocycles. The van der Waals surface area contributed by atoms with Gasteiger partial charge in [-0.3, -0.25) is 4.89 Å². The highest BCUT2D eigenvalue weighted by Crippen LogP contribution is 2.40. The summed E-state index contributed by atoms with van der Waals surface area (Å²) >= 11 is 0. The van der Waals surface area contributed by atoms with Crippen LogP contribution in [0.25, 0.3) is 0 Å². The van der Waals surface area contributed by atoms with Gasteiger partial charge < -0.3 is 14.2 Å². The van der Waals surface area contributed by atoms with Gasteiger partial charge in [0.15, 0.2) is 11.5 Å². The first-order valence-electron chi connectivity index (χ1n) is 7.23. The van der Waals surface area contributed by atoms with Crippen LogP contribution in [0.1, 0.15) is 42.5 Å². The maximum atomic E-state index is 12.2. The first-order valence-corrected chi connectivity index (χ1v) is 7.23. The first kappa shape index (κ1) is 16.4. The van der Waals surface area contributed by atoms with Gasteiger partial charge in [-0.05, 0) is 25.0 Å². The zero-order valence-corrected chi connectivity index (χ0v) is 13.1. The molecular formula is C16H21O6. The van der Waals surface area contributed by atoms with E-state index in [0.29, 0.717) is 11.5 Å². The number of methoxy groups -OCH3 is 3. The molecule has 1 aliphatic rings. The molecule has 0 bridgehead atoms. The summed E-state index contributed by atoms with van der Waals surface area (Å²) in [5, 5.41) is 0. The fraction of sp³-hybridized carbons (Fsp3) is 0.500. The lowest BCUT2D eigenvalue weighted by Gasteiger charge is -2.19. The van der Waals surface area contributed by atoms with Gasteiger partial charge in [-0.1, -0.05) is 19.3 Å². The summed E-state index contributed by atoms with van der Waals surface area (Å²) in [6, 6.07) is 3.17. The molecule has 1 aliphatic carbocycles. The Morgan fingerprint density at radius 1 is 0.909 bits per heavy atom. The van der Waals surface area contributed by atoms with Crippen molar-refractivity contribution >= 4 is 5.97 Å². The van der Waals surface area contributed by atoms with Crippen LogP contribution in [-0.2, 0) is 9.78 Å². The number of ether oxygens (including phenoxy) is 3. The lowest BCUT2D eigenvalue weighted by atomic mass is 9.98. The van der Waals surface area contributed by atoms with E-state index < -0.39 is 5.97 Å². The van der Waals surface area contributed by atoms with Crippen molar-refractivity contribution in [3.05, 3.63) is 23.8 Å². The smallest absolute Gasteiger partial charge is 0.377 e. The molecule has 0 N–H and O–H groups in total. The predicted molar refractivity (Wildman–Crippen MR) is 78.9 cm³/mol. The van der Waals surface area contributed by atoms with Gasteiger partial charge in [0.05, 0.1) is 21.3 Å². The number of carbonyl (C=O) groups is 1. The Bertz CT molecular complexity index is 508. The summed E-state index contributed by atoms with van der Waals surface area (Å²) < 4.78 is 15.7. The third-order valence-electron chi connectivity index (χ3n) is 3.57. The maximum absolute atomic E-state index is 12.2. The van der Waals surface area contributed by atoms with Crippen LogP contribution in [-0.4, -0.2) is 27.3 Å². The molecule has 22 heavy (non-hydrogen) atoms. The molecule has 6 heteroatoms. The molecule has 121 valence electrons. The number of hydrogen-bond acceptors (Lipinski definition) is 6. The van der Waals surface area contributed by atoms with Crippen LogP contribution in [0.4, 0.5) is 0 Å². The minimum atomic E-state index is -0.629. The Morgan fingerprint density at radius 2 is 1.59 bits per heavy atom. The highest BCUT2D eigenvalue weighted by molar-refractivity contribution is 5.93. The molecule has 0 aromatic heterocycles. The van der Waals surface area contributed by atoms with Crippen molar-refractivity contribution in [2.45, 2.75) is 32.1 Å². The second kappa shape index (κ2) is 7.89. The molecular weight excluding hydrogens is 288 g/mol. The average molecular weight is 309 g/mol. The van der Waals surface area contributed by atoms with E-state index in [4.69, 9.17) is 24.0 Å². The van der Waals surface area contributed by atoms with E-state index in [1.807, 2.05) is 0 Å². The summed E-state index contributed by atoms with van der Waals surface area (Å²) in [5.74, 6) is 0.434. The topological polar surface area (TPSA) is 63.2 Å². The Labute approximate surface area is 130 Å². The zero-order valence-electron chi connectivity index (χ0n) is 13.1. The molecule has 0 unspecified atom stereocenters. The van der Waals surface area contributed by atoms with Gasteiger partial charge in [0.1, 0.15) is 11.7 Å². The SMILES string of the molecule is COc1ccc(C(=O)OO[C]2CCCCC2)c(OC)c1OC. The van der Waals surface area contributed by atoms with E-state index in [9.17, 15) is 4.79 Å². The first-order chi connectivity index (χ1) is 10.7. The molecule has 6 nitrogen and oxygen atoms in total. The van der Waals surface area contributed by atoms with Crippen LogP contribution in [0, 0.1) is 6.10 Å². The summed E-state index contributed by atoms with van der Waals surface area (Å²) in [5.41, 5.74) is 0.219. The molecule has 0 amide bonds. The minimum absolute atomic E-state index is 0.219. The second-order valence-corrected chi connectivity index (χ2v) is 4.94. The monoisotopic (exact) mass is 309 g/mol. The van der Waals surface area contributed by atoms with Crippen LogP contribution < -0.4 is 14.2 Å². The van der Waals surface area contributed by atoms with Crippen molar-refractivity contribution in [3.8, 4) is 17.2 Å². The van der Waals surface area contributed by atoms with Crippen LogP contribution in [0.15, 0.2) is 12.1 Å². The molecule has 2 rings (SSSR count). The molecule has 1 fully saturated rings. The highest BCUT2D eigenvalue weighted by atomic mass is 17.2. The molecule has 1 aromatic rings. The molecule has 1 saturated carbocycles. The fourth-order valence-electron chi connectivity index (χ4n) is 2.43. The molecule has 0 spiro atoms. The second-order valence-electron chi connectivity index (χ2n) is 4.94. The maximum Gasteiger partial charge on any atom is 0.377 e. The minimum Gasteiger partial charge on any atom is -0.493 e.